The second-order valence-electron chi connectivity index (χ2n) is 6.75. The molecule has 33 heavy (non-hydrogen) atoms. The molecule has 0 atom stereocenters. The van der Waals surface area contributed by atoms with Crippen molar-refractivity contribution in [1.82, 2.24) is 0 Å². The lowest BCUT2D eigenvalue weighted by Gasteiger charge is -2.13. The first-order valence-corrected chi connectivity index (χ1v) is 10.4. The van der Waals surface area contributed by atoms with Crippen molar-refractivity contribution in [2.45, 2.75) is 20.8 Å². The topological polar surface area (TPSA) is 114 Å². The van der Waals surface area contributed by atoms with Crippen molar-refractivity contribution in [3.63, 3.8) is 0 Å². The van der Waals surface area contributed by atoms with Crippen LogP contribution < -0.4 is 24.3 Å². The quantitative estimate of drug-likeness (QED) is 0.310. The third kappa shape index (κ3) is 6.76. The van der Waals surface area contributed by atoms with Crippen LogP contribution in [0.15, 0.2) is 41.6 Å². The Hall–Kier alpha value is -3.95. The van der Waals surface area contributed by atoms with E-state index in [0.717, 1.165) is 5.56 Å². The van der Waals surface area contributed by atoms with Gasteiger partial charge in [0.25, 0.3) is 5.91 Å². The van der Waals surface area contributed by atoms with Gasteiger partial charge in [-0.15, -0.1) is 0 Å². The maximum absolute atomic E-state index is 12.1. The van der Waals surface area contributed by atoms with E-state index in [1.165, 1.54) is 0 Å². The Bertz CT molecular complexity index is 1020. The maximum atomic E-state index is 12.1. The SMILES string of the molecule is CCOc1ccc(NC(=O)COC(=O)CO/N=C(\C)c2ccc3c(c2)OCO3)cc1OCC. The van der Waals surface area contributed by atoms with Crippen LogP contribution in [-0.2, 0) is 19.2 Å². The zero-order valence-corrected chi connectivity index (χ0v) is 18.7. The number of rotatable bonds is 11. The number of oxime groups is 1. The molecule has 1 heterocycles. The summed E-state index contributed by atoms with van der Waals surface area (Å²) < 4.78 is 26.5. The molecule has 0 unspecified atom stereocenters. The molecular formula is C23H26N2O8. The number of carbonyl (C=O) groups excluding carboxylic acids is 2. The number of carbonyl (C=O) groups is 2. The first kappa shape index (κ1) is 23.7. The molecule has 0 radical (unpaired) electrons. The fourth-order valence-corrected chi connectivity index (χ4v) is 2.87. The van der Waals surface area contributed by atoms with E-state index < -0.39 is 25.1 Å². The molecule has 0 spiro atoms. The minimum Gasteiger partial charge on any atom is -0.490 e. The van der Waals surface area contributed by atoms with Gasteiger partial charge in [-0.2, -0.15) is 0 Å². The second kappa shape index (κ2) is 11.6. The Labute approximate surface area is 191 Å². The summed E-state index contributed by atoms with van der Waals surface area (Å²) in [4.78, 5) is 29.0. The fourth-order valence-electron chi connectivity index (χ4n) is 2.87. The number of nitrogens with one attached hydrogen (secondary N) is 1. The van der Waals surface area contributed by atoms with Crippen molar-refractivity contribution in [3.8, 4) is 23.0 Å². The minimum atomic E-state index is -0.728. The van der Waals surface area contributed by atoms with Gasteiger partial charge in [0.05, 0.1) is 18.9 Å². The van der Waals surface area contributed by atoms with E-state index in [9.17, 15) is 9.59 Å². The highest BCUT2D eigenvalue weighted by atomic mass is 16.7. The molecule has 1 amide bonds. The van der Waals surface area contributed by atoms with Gasteiger partial charge >= 0.3 is 5.97 Å². The number of amides is 1. The molecule has 2 aromatic rings. The van der Waals surface area contributed by atoms with Crippen molar-refractivity contribution in [2.24, 2.45) is 5.16 Å². The van der Waals surface area contributed by atoms with Crippen molar-refractivity contribution in [1.29, 1.82) is 0 Å². The van der Waals surface area contributed by atoms with Crippen LogP contribution in [0.4, 0.5) is 5.69 Å². The fraction of sp³-hybridized carbons (Fsp3) is 0.348. The summed E-state index contributed by atoms with van der Waals surface area (Å²) in [5.74, 6) is 1.14. The first-order valence-electron chi connectivity index (χ1n) is 10.4. The van der Waals surface area contributed by atoms with Gasteiger partial charge < -0.3 is 33.8 Å². The Morgan fingerprint density at radius 3 is 2.52 bits per heavy atom. The Kier molecular flexibility index (Phi) is 8.34. The van der Waals surface area contributed by atoms with E-state index >= 15 is 0 Å². The van der Waals surface area contributed by atoms with Crippen LogP contribution in [0.1, 0.15) is 26.3 Å². The lowest BCUT2D eigenvalue weighted by Crippen LogP contribution is -2.22. The molecule has 1 aliphatic heterocycles. The van der Waals surface area contributed by atoms with Gasteiger partial charge in [0.15, 0.2) is 29.6 Å². The Balaban J connectivity index is 1.43. The normalized spacial score (nSPS) is 12.2. The van der Waals surface area contributed by atoms with Gasteiger partial charge in [-0.05, 0) is 51.1 Å². The number of hydrogen-bond donors (Lipinski definition) is 1. The van der Waals surface area contributed by atoms with E-state index in [1.807, 2.05) is 13.8 Å². The molecule has 3 rings (SSSR count). The summed E-state index contributed by atoms with van der Waals surface area (Å²) in [7, 11) is 0. The Morgan fingerprint density at radius 2 is 1.73 bits per heavy atom. The van der Waals surface area contributed by atoms with Crippen LogP contribution in [0.5, 0.6) is 23.0 Å². The van der Waals surface area contributed by atoms with Crippen molar-refractivity contribution in [3.05, 3.63) is 42.0 Å². The number of anilines is 1. The van der Waals surface area contributed by atoms with Gasteiger partial charge in [-0.1, -0.05) is 5.16 Å². The highest BCUT2D eigenvalue weighted by Crippen LogP contribution is 2.33. The number of nitrogens with zero attached hydrogens (tertiary/aromatic N) is 1. The van der Waals surface area contributed by atoms with Crippen molar-refractivity contribution < 1.29 is 38.1 Å². The summed E-state index contributed by atoms with van der Waals surface area (Å²) in [6, 6.07) is 10.4. The average molecular weight is 458 g/mol. The first-order chi connectivity index (χ1) is 16.0. The lowest BCUT2D eigenvalue weighted by molar-refractivity contribution is -0.151. The van der Waals surface area contributed by atoms with Crippen molar-refractivity contribution in [2.75, 3.05) is 38.5 Å². The van der Waals surface area contributed by atoms with E-state index in [2.05, 4.69) is 10.5 Å². The van der Waals surface area contributed by atoms with Crippen LogP contribution in [0.25, 0.3) is 0 Å². The Morgan fingerprint density at radius 1 is 0.970 bits per heavy atom. The number of hydrogen-bond acceptors (Lipinski definition) is 9. The maximum Gasteiger partial charge on any atom is 0.347 e. The molecule has 1 aliphatic rings. The number of ether oxygens (including phenoxy) is 5. The highest BCUT2D eigenvalue weighted by Gasteiger charge is 2.15. The lowest BCUT2D eigenvalue weighted by atomic mass is 10.1. The third-order valence-electron chi connectivity index (χ3n) is 4.37. The summed E-state index contributed by atoms with van der Waals surface area (Å²) in [5, 5.41) is 6.54. The molecule has 0 saturated heterocycles. The van der Waals surface area contributed by atoms with Gasteiger partial charge in [0.1, 0.15) is 0 Å². The largest absolute Gasteiger partial charge is 0.490 e. The molecule has 0 fully saturated rings. The van der Waals surface area contributed by atoms with Gasteiger partial charge in [-0.25, -0.2) is 4.79 Å². The molecule has 10 heteroatoms. The van der Waals surface area contributed by atoms with E-state index in [0.29, 0.717) is 47.6 Å². The smallest absolute Gasteiger partial charge is 0.347 e. The molecule has 0 aromatic heterocycles. The van der Waals surface area contributed by atoms with Crippen LogP contribution in [0.2, 0.25) is 0 Å². The zero-order valence-electron chi connectivity index (χ0n) is 18.7. The van der Waals surface area contributed by atoms with E-state index in [-0.39, 0.29) is 6.79 Å². The predicted octanol–water partition coefficient (Wildman–Crippen LogP) is 3.14. The number of esters is 1. The van der Waals surface area contributed by atoms with E-state index in [4.69, 9.17) is 28.5 Å². The monoisotopic (exact) mass is 458 g/mol. The van der Waals surface area contributed by atoms with Crippen molar-refractivity contribution >= 4 is 23.3 Å². The molecule has 2 aromatic carbocycles. The zero-order chi connectivity index (χ0) is 23.6. The summed E-state index contributed by atoms with van der Waals surface area (Å²) in [5.41, 5.74) is 1.79. The molecule has 0 aliphatic carbocycles. The summed E-state index contributed by atoms with van der Waals surface area (Å²) >= 11 is 0. The molecule has 176 valence electrons. The second-order valence-corrected chi connectivity index (χ2v) is 6.75. The van der Waals surface area contributed by atoms with Crippen LogP contribution in [0.3, 0.4) is 0 Å². The van der Waals surface area contributed by atoms with Gasteiger partial charge in [0.2, 0.25) is 13.4 Å². The predicted molar refractivity (Wildman–Crippen MR) is 119 cm³/mol. The summed E-state index contributed by atoms with van der Waals surface area (Å²) in [6.07, 6.45) is 0. The van der Waals surface area contributed by atoms with Gasteiger partial charge in [0, 0.05) is 17.3 Å². The standard InChI is InChI=1S/C23H26N2O8/c1-4-28-18-9-7-17(11-21(18)29-5-2)24-22(26)12-30-23(27)13-33-25-15(3)16-6-8-19-20(10-16)32-14-31-19/h6-11H,4-5,12-14H2,1-3H3,(H,24,26)/b25-15+. The molecular weight excluding hydrogens is 432 g/mol. The molecule has 1 N–H and O–H groups in total. The summed E-state index contributed by atoms with van der Waals surface area (Å²) in [6.45, 7) is 5.66. The number of fused-ring (bicyclic) bond motifs is 1. The highest BCUT2D eigenvalue weighted by molar-refractivity contribution is 5.99. The third-order valence-corrected chi connectivity index (χ3v) is 4.37. The average Bonchev–Trinajstić information content (AvgIpc) is 3.27. The molecule has 0 saturated carbocycles. The van der Waals surface area contributed by atoms with Crippen LogP contribution in [-0.4, -0.2) is 50.8 Å². The van der Waals surface area contributed by atoms with E-state index in [1.54, 1.807) is 43.3 Å². The molecule has 10 nitrogen and oxygen atoms in total. The molecule has 0 bridgehead atoms. The minimum absolute atomic E-state index is 0.178. The van der Waals surface area contributed by atoms with Crippen LogP contribution >= 0.6 is 0 Å². The number of benzene rings is 2. The van der Waals surface area contributed by atoms with Gasteiger partial charge in [-0.3, -0.25) is 4.79 Å². The van der Waals surface area contributed by atoms with Crippen LogP contribution in [0, 0.1) is 0 Å².